The molecule has 21 heavy (non-hydrogen) atoms. The molecule has 108 valence electrons. The molecule has 0 spiro atoms. The van der Waals surface area contributed by atoms with Crippen molar-refractivity contribution in [1.82, 2.24) is 4.98 Å². The molecule has 0 saturated heterocycles. The molecule has 1 heterocycles. The van der Waals surface area contributed by atoms with Crippen LogP contribution in [-0.2, 0) is 0 Å². The van der Waals surface area contributed by atoms with Gasteiger partial charge in [-0.2, -0.15) is 0 Å². The fourth-order valence-corrected chi connectivity index (χ4v) is 2.38. The van der Waals surface area contributed by atoms with Gasteiger partial charge in [-0.05, 0) is 36.4 Å². The number of benzene rings is 2. The van der Waals surface area contributed by atoms with Crippen molar-refractivity contribution in [1.29, 1.82) is 0 Å². The predicted octanol–water partition coefficient (Wildman–Crippen LogP) is 4.92. The first-order chi connectivity index (χ1) is 9.52. The number of oxazole rings is 1. The molecule has 0 aliphatic heterocycles. The molecule has 0 bridgehead atoms. The average molecular weight is 345 g/mol. The molecule has 0 amide bonds. The lowest BCUT2D eigenvalue weighted by Crippen LogP contribution is -1.94. The summed E-state index contributed by atoms with van der Waals surface area (Å²) in [5.41, 5.74) is 1.75. The van der Waals surface area contributed by atoms with Gasteiger partial charge in [0.1, 0.15) is 5.52 Å². The van der Waals surface area contributed by atoms with Crippen LogP contribution < -0.4 is 0 Å². The topological polar surface area (TPSA) is 63.3 Å². The van der Waals surface area contributed by atoms with E-state index >= 15 is 0 Å². The van der Waals surface area contributed by atoms with Gasteiger partial charge in [0.2, 0.25) is 5.89 Å². The maximum Gasteiger partial charge on any atom is 0.335 e. The normalized spacial score (nSPS) is 10.4. The highest BCUT2D eigenvalue weighted by Crippen LogP contribution is 2.29. The Bertz CT molecular complexity index is 809. The second kappa shape index (κ2) is 5.93. The fourth-order valence-electron chi connectivity index (χ4n) is 1.86. The first-order valence-corrected chi connectivity index (χ1v) is 6.39. The molecule has 1 N–H and O–H groups in total. The van der Waals surface area contributed by atoms with Crippen molar-refractivity contribution in [3.63, 3.8) is 0 Å². The summed E-state index contributed by atoms with van der Waals surface area (Å²) in [5.74, 6) is -0.678. The highest BCUT2D eigenvalue weighted by molar-refractivity contribution is 6.35. The second-order valence-electron chi connectivity index (χ2n) is 4.16. The third-order valence-electron chi connectivity index (χ3n) is 2.74. The third kappa shape index (κ3) is 3.13. The van der Waals surface area contributed by atoms with Gasteiger partial charge in [0.25, 0.3) is 0 Å². The lowest BCUT2D eigenvalue weighted by molar-refractivity contribution is 0.0697. The van der Waals surface area contributed by atoms with Gasteiger partial charge in [0.15, 0.2) is 5.58 Å². The van der Waals surface area contributed by atoms with Gasteiger partial charge < -0.3 is 9.52 Å². The number of carboxylic acids is 1. The van der Waals surface area contributed by atoms with Gasteiger partial charge in [0.05, 0.1) is 5.56 Å². The van der Waals surface area contributed by atoms with Crippen LogP contribution in [0, 0.1) is 0 Å². The summed E-state index contributed by atoms with van der Waals surface area (Å²) in [6.07, 6.45) is 0. The van der Waals surface area contributed by atoms with Crippen molar-refractivity contribution in [2.24, 2.45) is 0 Å². The lowest BCUT2D eigenvalue weighted by Gasteiger charge is -1.97. The molecule has 4 nitrogen and oxygen atoms in total. The van der Waals surface area contributed by atoms with Crippen molar-refractivity contribution < 1.29 is 14.3 Å². The number of aromatic carboxylic acids is 1. The summed E-state index contributed by atoms with van der Waals surface area (Å²) in [7, 11) is 0. The minimum absolute atomic E-state index is 0. The van der Waals surface area contributed by atoms with Crippen LogP contribution in [0.1, 0.15) is 10.4 Å². The van der Waals surface area contributed by atoms with Crippen LogP contribution in [0.2, 0.25) is 10.0 Å². The Hall–Kier alpha value is -1.75. The molecule has 7 heteroatoms. The molecule has 0 saturated carbocycles. The molecule has 0 unspecified atom stereocenters. The van der Waals surface area contributed by atoms with Crippen molar-refractivity contribution >= 4 is 52.7 Å². The highest BCUT2D eigenvalue weighted by atomic mass is 35.5. The standard InChI is InChI=1S/C14H7Cl2NO3.ClH/c15-9-3-8(4-10(16)6-9)13-17-11-2-1-7(14(18)19)5-12(11)20-13;/h1-6H,(H,18,19);1H. The summed E-state index contributed by atoms with van der Waals surface area (Å²) >= 11 is 11.9. The average Bonchev–Trinajstić information content (AvgIpc) is 2.80. The van der Waals surface area contributed by atoms with E-state index < -0.39 is 5.97 Å². The van der Waals surface area contributed by atoms with Crippen LogP contribution in [0.5, 0.6) is 0 Å². The van der Waals surface area contributed by atoms with E-state index in [0.29, 0.717) is 32.6 Å². The van der Waals surface area contributed by atoms with Gasteiger partial charge in [-0.1, -0.05) is 23.2 Å². The smallest absolute Gasteiger partial charge is 0.335 e. The van der Waals surface area contributed by atoms with E-state index in [2.05, 4.69) is 4.98 Å². The fraction of sp³-hybridized carbons (Fsp3) is 0. The van der Waals surface area contributed by atoms with Crippen LogP contribution in [0.25, 0.3) is 22.6 Å². The summed E-state index contributed by atoms with van der Waals surface area (Å²) in [6, 6.07) is 9.46. The molecule has 0 radical (unpaired) electrons. The Morgan fingerprint density at radius 3 is 2.38 bits per heavy atom. The molecule has 0 aliphatic carbocycles. The maximum atomic E-state index is 10.9. The zero-order chi connectivity index (χ0) is 14.3. The van der Waals surface area contributed by atoms with E-state index in [9.17, 15) is 4.79 Å². The van der Waals surface area contributed by atoms with E-state index in [-0.39, 0.29) is 18.0 Å². The quantitative estimate of drug-likeness (QED) is 0.716. The number of carboxylic acid groups (broad SMARTS) is 1. The number of halogens is 3. The molecule has 0 aliphatic rings. The van der Waals surface area contributed by atoms with Crippen LogP contribution in [0.15, 0.2) is 40.8 Å². The van der Waals surface area contributed by atoms with Crippen molar-refractivity contribution in [2.45, 2.75) is 0 Å². The van der Waals surface area contributed by atoms with Gasteiger partial charge in [-0.25, -0.2) is 9.78 Å². The van der Waals surface area contributed by atoms with E-state index in [1.165, 1.54) is 12.1 Å². The van der Waals surface area contributed by atoms with Crippen LogP contribution in [0.3, 0.4) is 0 Å². The molecular weight excluding hydrogens is 337 g/mol. The number of fused-ring (bicyclic) bond motifs is 1. The number of rotatable bonds is 2. The minimum atomic E-state index is -1.02. The van der Waals surface area contributed by atoms with Crippen molar-refractivity contribution in [3.05, 3.63) is 52.0 Å². The number of nitrogens with zero attached hydrogens (tertiary/aromatic N) is 1. The predicted molar refractivity (Wildman–Crippen MR) is 83.7 cm³/mol. The third-order valence-corrected chi connectivity index (χ3v) is 3.18. The Kier molecular flexibility index (Phi) is 4.42. The summed E-state index contributed by atoms with van der Waals surface area (Å²) in [4.78, 5) is 15.2. The number of aromatic nitrogens is 1. The Morgan fingerprint density at radius 1 is 1.10 bits per heavy atom. The second-order valence-corrected chi connectivity index (χ2v) is 5.04. The van der Waals surface area contributed by atoms with Gasteiger partial charge in [-0.15, -0.1) is 12.4 Å². The Balaban J connectivity index is 0.00000161. The number of hydrogen-bond donors (Lipinski definition) is 1. The Labute approximate surface area is 135 Å². The van der Waals surface area contributed by atoms with E-state index in [1.54, 1.807) is 24.3 Å². The monoisotopic (exact) mass is 343 g/mol. The van der Waals surface area contributed by atoms with E-state index in [0.717, 1.165) is 0 Å². The lowest BCUT2D eigenvalue weighted by atomic mass is 10.2. The first-order valence-electron chi connectivity index (χ1n) is 5.63. The van der Waals surface area contributed by atoms with Crippen molar-refractivity contribution in [3.8, 4) is 11.5 Å². The largest absolute Gasteiger partial charge is 0.478 e. The van der Waals surface area contributed by atoms with Crippen molar-refractivity contribution in [2.75, 3.05) is 0 Å². The van der Waals surface area contributed by atoms with Gasteiger partial charge in [-0.3, -0.25) is 0 Å². The minimum Gasteiger partial charge on any atom is -0.478 e. The van der Waals surface area contributed by atoms with Gasteiger partial charge >= 0.3 is 5.97 Å². The Morgan fingerprint density at radius 2 is 1.76 bits per heavy atom. The molecule has 0 fully saturated rings. The number of carbonyl (C=O) groups is 1. The van der Waals surface area contributed by atoms with E-state index in [1.807, 2.05) is 0 Å². The zero-order valence-corrected chi connectivity index (χ0v) is 12.7. The van der Waals surface area contributed by atoms with Crippen LogP contribution >= 0.6 is 35.6 Å². The SMILES string of the molecule is Cl.O=C(O)c1ccc2nc(-c3cc(Cl)cc(Cl)c3)oc2c1. The molecule has 0 atom stereocenters. The zero-order valence-electron chi connectivity index (χ0n) is 10.3. The highest BCUT2D eigenvalue weighted by Gasteiger charge is 2.12. The molecule has 2 aromatic carbocycles. The van der Waals surface area contributed by atoms with E-state index in [4.69, 9.17) is 32.7 Å². The molecular formula is C14H8Cl3NO3. The maximum absolute atomic E-state index is 10.9. The first kappa shape index (κ1) is 15.6. The van der Waals surface area contributed by atoms with Gasteiger partial charge in [0, 0.05) is 15.6 Å². The molecule has 3 rings (SSSR count). The molecule has 3 aromatic rings. The molecule has 1 aromatic heterocycles. The summed E-state index contributed by atoms with van der Waals surface area (Å²) in [6.45, 7) is 0. The number of hydrogen-bond acceptors (Lipinski definition) is 3. The van der Waals surface area contributed by atoms with Crippen LogP contribution in [-0.4, -0.2) is 16.1 Å². The summed E-state index contributed by atoms with van der Waals surface area (Å²) < 4.78 is 5.56. The summed E-state index contributed by atoms with van der Waals surface area (Å²) in [5, 5.41) is 9.89. The van der Waals surface area contributed by atoms with Crippen LogP contribution in [0.4, 0.5) is 0 Å².